The summed E-state index contributed by atoms with van der Waals surface area (Å²) in [6, 6.07) is 16.6. The summed E-state index contributed by atoms with van der Waals surface area (Å²) in [5.41, 5.74) is 0.286. The molecule has 2 aromatic carbocycles. The maximum Gasteiger partial charge on any atom is 0.412 e. The number of ether oxygens (including phenoxy) is 1. The summed E-state index contributed by atoms with van der Waals surface area (Å²) in [5.74, 6) is -7.51. The number of hydrogen-bond donors (Lipinski definition) is 4. The number of carbonyl (C=O) groups excluding carboxylic acids is 3. The SMILES string of the molecule is CCCNC(=O)C(F)(F)C(O)C(NC(=O)Cn1c(-c2ccccc2Cl)ccc(NC(=O)OCc2ccccc2)c1=O)C(C)C. The van der Waals surface area contributed by atoms with Gasteiger partial charge in [-0.25, -0.2) is 4.79 Å². The molecule has 2 unspecified atom stereocenters. The Morgan fingerprint density at radius 3 is 2.32 bits per heavy atom. The smallest absolute Gasteiger partial charge is 0.412 e. The van der Waals surface area contributed by atoms with E-state index in [1.54, 1.807) is 55.5 Å². The van der Waals surface area contributed by atoms with Gasteiger partial charge in [0, 0.05) is 17.1 Å². The molecule has 3 amide bonds. The Balaban J connectivity index is 1.89. The van der Waals surface area contributed by atoms with Crippen LogP contribution in [0.3, 0.4) is 0 Å². The highest BCUT2D eigenvalue weighted by molar-refractivity contribution is 6.33. The summed E-state index contributed by atoms with van der Waals surface area (Å²) in [6.07, 6.45) is -3.07. The van der Waals surface area contributed by atoms with E-state index in [9.17, 15) is 33.1 Å². The van der Waals surface area contributed by atoms with Crippen LogP contribution in [0.15, 0.2) is 71.5 Å². The Morgan fingerprint density at radius 1 is 1.02 bits per heavy atom. The van der Waals surface area contributed by atoms with Crippen molar-refractivity contribution < 1.29 is 33.0 Å². The lowest BCUT2D eigenvalue weighted by Crippen LogP contribution is -2.59. The number of rotatable bonds is 13. The molecule has 13 heteroatoms. The average Bonchev–Trinajstić information content (AvgIpc) is 3.00. The van der Waals surface area contributed by atoms with E-state index >= 15 is 0 Å². The van der Waals surface area contributed by atoms with Crippen LogP contribution in [0.2, 0.25) is 5.02 Å². The third-order valence-electron chi connectivity index (χ3n) is 6.67. The number of amides is 3. The predicted octanol–water partition coefficient (Wildman–Crippen LogP) is 4.58. The molecule has 0 saturated heterocycles. The maximum atomic E-state index is 14.8. The first-order chi connectivity index (χ1) is 20.9. The number of aromatic nitrogens is 1. The van der Waals surface area contributed by atoms with E-state index in [2.05, 4.69) is 16.0 Å². The Labute approximate surface area is 258 Å². The topological polar surface area (TPSA) is 139 Å². The van der Waals surface area contributed by atoms with Crippen molar-refractivity contribution in [2.24, 2.45) is 5.92 Å². The first-order valence-electron chi connectivity index (χ1n) is 14.0. The second-order valence-corrected chi connectivity index (χ2v) is 10.8. The van der Waals surface area contributed by atoms with Crippen LogP contribution < -0.4 is 21.5 Å². The van der Waals surface area contributed by atoms with Crippen molar-refractivity contribution in [1.82, 2.24) is 15.2 Å². The van der Waals surface area contributed by atoms with Gasteiger partial charge in [-0.1, -0.05) is 80.9 Å². The fourth-order valence-corrected chi connectivity index (χ4v) is 4.54. The average molecular weight is 633 g/mol. The monoisotopic (exact) mass is 632 g/mol. The minimum absolute atomic E-state index is 0.0161. The minimum atomic E-state index is -4.21. The van der Waals surface area contributed by atoms with Crippen LogP contribution in [0.25, 0.3) is 11.3 Å². The number of benzene rings is 2. The van der Waals surface area contributed by atoms with Crippen molar-refractivity contribution in [3.63, 3.8) is 0 Å². The number of hydrogen-bond acceptors (Lipinski definition) is 6. The number of halogens is 3. The molecule has 3 aromatic rings. The quantitative estimate of drug-likeness (QED) is 0.218. The fraction of sp³-hybridized carbons (Fsp3) is 0.355. The van der Waals surface area contributed by atoms with Crippen LogP contribution in [0, 0.1) is 5.92 Å². The van der Waals surface area contributed by atoms with Gasteiger partial charge >= 0.3 is 12.0 Å². The Bertz CT molecular complexity index is 1520. The molecule has 44 heavy (non-hydrogen) atoms. The first-order valence-corrected chi connectivity index (χ1v) is 14.3. The molecule has 1 aromatic heterocycles. The Hall–Kier alpha value is -4.29. The van der Waals surface area contributed by atoms with Gasteiger partial charge in [0.25, 0.3) is 11.5 Å². The Kier molecular flexibility index (Phi) is 12.0. The van der Waals surface area contributed by atoms with Gasteiger partial charge in [0.15, 0.2) is 0 Å². The van der Waals surface area contributed by atoms with Gasteiger partial charge in [-0.3, -0.25) is 24.3 Å². The Morgan fingerprint density at radius 2 is 1.68 bits per heavy atom. The van der Waals surface area contributed by atoms with Crippen molar-refractivity contribution in [2.75, 3.05) is 11.9 Å². The van der Waals surface area contributed by atoms with Gasteiger partial charge in [-0.05, 0) is 36.1 Å². The number of carbonyl (C=O) groups is 3. The van der Waals surface area contributed by atoms with Crippen LogP contribution in [-0.2, 0) is 27.5 Å². The summed E-state index contributed by atoms with van der Waals surface area (Å²) < 4.78 is 35.9. The molecule has 0 saturated carbocycles. The summed E-state index contributed by atoms with van der Waals surface area (Å²) >= 11 is 6.37. The largest absolute Gasteiger partial charge is 0.444 e. The van der Waals surface area contributed by atoms with Gasteiger partial charge in [-0.2, -0.15) is 8.78 Å². The molecule has 1 heterocycles. The molecule has 0 radical (unpaired) electrons. The number of nitrogens with zero attached hydrogens (tertiary/aromatic N) is 1. The van der Waals surface area contributed by atoms with Gasteiger partial charge < -0.3 is 20.5 Å². The zero-order chi connectivity index (χ0) is 32.4. The summed E-state index contributed by atoms with van der Waals surface area (Å²) in [5, 5.41) is 17.6. The lowest BCUT2D eigenvalue weighted by atomic mass is 9.93. The molecule has 0 spiro atoms. The van der Waals surface area contributed by atoms with Gasteiger partial charge in [0.1, 0.15) is 24.9 Å². The summed E-state index contributed by atoms with van der Waals surface area (Å²) in [7, 11) is 0. The maximum absolute atomic E-state index is 14.8. The normalized spacial score (nSPS) is 12.7. The molecule has 0 aliphatic heterocycles. The lowest BCUT2D eigenvalue weighted by Gasteiger charge is -2.32. The van der Waals surface area contributed by atoms with Crippen LogP contribution in [-0.4, -0.2) is 52.2 Å². The van der Waals surface area contributed by atoms with E-state index < -0.39 is 54.0 Å². The summed E-state index contributed by atoms with van der Waals surface area (Å²) in [4.78, 5) is 51.4. The first kappa shape index (κ1) is 34.2. The predicted molar refractivity (Wildman–Crippen MR) is 162 cm³/mol. The van der Waals surface area contributed by atoms with Crippen molar-refractivity contribution >= 4 is 35.2 Å². The second kappa shape index (κ2) is 15.4. The second-order valence-electron chi connectivity index (χ2n) is 10.4. The molecular formula is C31H35ClF2N4O6. The molecule has 236 valence electrons. The minimum Gasteiger partial charge on any atom is -0.444 e. The van der Waals surface area contributed by atoms with E-state index in [-0.39, 0.29) is 29.6 Å². The van der Waals surface area contributed by atoms with Crippen LogP contribution in [0.5, 0.6) is 0 Å². The van der Waals surface area contributed by atoms with Gasteiger partial charge in [0.05, 0.1) is 11.7 Å². The zero-order valence-corrected chi connectivity index (χ0v) is 25.2. The van der Waals surface area contributed by atoms with Crippen molar-refractivity contribution in [3.05, 3.63) is 87.7 Å². The third kappa shape index (κ3) is 8.64. The van der Waals surface area contributed by atoms with E-state index in [0.29, 0.717) is 12.0 Å². The highest BCUT2D eigenvalue weighted by atomic mass is 35.5. The van der Waals surface area contributed by atoms with Crippen molar-refractivity contribution in [1.29, 1.82) is 0 Å². The van der Waals surface area contributed by atoms with Crippen LogP contribution >= 0.6 is 11.6 Å². The molecule has 0 aliphatic carbocycles. The van der Waals surface area contributed by atoms with E-state index in [1.165, 1.54) is 26.0 Å². The number of pyridine rings is 1. The van der Waals surface area contributed by atoms with Gasteiger partial charge in [-0.15, -0.1) is 0 Å². The molecule has 0 bridgehead atoms. The molecular weight excluding hydrogens is 598 g/mol. The van der Waals surface area contributed by atoms with E-state index in [4.69, 9.17) is 16.3 Å². The molecule has 3 rings (SSSR count). The standard InChI is InChI=1S/C31H35ClF2N4O6/c1-4-16-35-29(42)31(33,34)27(40)26(19(2)3)37-25(39)17-38-24(21-12-8-9-13-22(21)32)15-14-23(28(38)41)36-30(43)44-18-20-10-6-5-7-11-20/h5-15,19,26-27,40H,4,16-18H2,1-3H3,(H,35,42)(H,36,43)(H,37,39). The van der Waals surface area contributed by atoms with Gasteiger partial charge in [0.2, 0.25) is 5.91 Å². The highest BCUT2D eigenvalue weighted by Crippen LogP contribution is 2.28. The summed E-state index contributed by atoms with van der Waals surface area (Å²) in [6.45, 7) is 3.89. The number of nitrogens with one attached hydrogen (secondary N) is 3. The van der Waals surface area contributed by atoms with Crippen molar-refractivity contribution in [3.8, 4) is 11.3 Å². The fourth-order valence-electron chi connectivity index (χ4n) is 4.31. The molecule has 10 nitrogen and oxygen atoms in total. The molecule has 0 aliphatic rings. The number of aliphatic hydroxyl groups excluding tert-OH is 1. The number of anilines is 1. The van der Waals surface area contributed by atoms with Crippen molar-refractivity contribution in [2.45, 2.75) is 58.4 Å². The third-order valence-corrected chi connectivity index (χ3v) is 7.00. The molecule has 2 atom stereocenters. The molecule has 0 fully saturated rings. The van der Waals surface area contributed by atoms with Crippen LogP contribution in [0.1, 0.15) is 32.8 Å². The highest BCUT2D eigenvalue weighted by Gasteiger charge is 2.51. The zero-order valence-electron chi connectivity index (χ0n) is 24.5. The number of alkyl halides is 2. The molecule has 4 N–H and O–H groups in total. The number of aliphatic hydroxyl groups is 1. The van der Waals surface area contributed by atoms with E-state index in [1.807, 2.05) is 6.07 Å². The lowest BCUT2D eigenvalue weighted by molar-refractivity contribution is -0.169. The van der Waals surface area contributed by atoms with E-state index in [0.717, 1.165) is 10.1 Å². The van der Waals surface area contributed by atoms with Crippen LogP contribution in [0.4, 0.5) is 19.3 Å².